The number of hydrogen-bond donors (Lipinski definition) is 2. The predicted octanol–water partition coefficient (Wildman–Crippen LogP) is -0.971. The van der Waals surface area contributed by atoms with Crippen molar-refractivity contribution in [3.05, 3.63) is 0 Å². The van der Waals surface area contributed by atoms with Gasteiger partial charge in [0.2, 0.25) is 0 Å². The van der Waals surface area contributed by atoms with Crippen molar-refractivity contribution in [1.29, 1.82) is 0 Å². The molecule has 0 aromatic heterocycles. The molecule has 0 aliphatic carbocycles. The molecular formula is C5H10Li2O4. The van der Waals surface area contributed by atoms with Crippen LogP contribution in [-0.4, -0.2) is 59.9 Å². The second-order valence-corrected chi connectivity index (χ2v) is 1.64. The van der Waals surface area contributed by atoms with Gasteiger partial charge in [-0.25, -0.2) is 0 Å². The van der Waals surface area contributed by atoms with Gasteiger partial charge < -0.3 is 10.2 Å². The van der Waals surface area contributed by atoms with Crippen molar-refractivity contribution >= 4 is 49.7 Å². The second-order valence-electron chi connectivity index (χ2n) is 1.64. The SMILES string of the molecule is O=C(O)CCCC(=O)O.[LiH].[LiH]. The first kappa shape index (κ1) is 17.3. The summed E-state index contributed by atoms with van der Waals surface area (Å²) in [4.78, 5) is 19.6. The molecule has 0 rings (SSSR count). The molecule has 0 aromatic carbocycles. The summed E-state index contributed by atoms with van der Waals surface area (Å²) in [5.74, 6) is -1.90. The van der Waals surface area contributed by atoms with Crippen LogP contribution in [0.15, 0.2) is 0 Å². The van der Waals surface area contributed by atoms with Gasteiger partial charge in [0.05, 0.1) is 0 Å². The number of carboxylic acid groups (broad SMARTS) is 2. The van der Waals surface area contributed by atoms with Gasteiger partial charge in [0.15, 0.2) is 0 Å². The normalized spacial score (nSPS) is 7.27. The Kier molecular flexibility index (Phi) is 15.9. The van der Waals surface area contributed by atoms with Crippen molar-refractivity contribution in [2.75, 3.05) is 0 Å². The van der Waals surface area contributed by atoms with Crippen LogP contribution in [0.5, 0.6) is 0 Å². The topological polar surface area (TPSA) is 74.6 Å². The molecule has 0 spiro atoms. The van der Waals surface area contributed by atoms with Crippen molar-refractivity contribution in [2.45, 2.75) is 19.3 Å². The van der Waals surface area contributed by atoms with Crippen LogP contribution in [0.1, 0.15) is 19.3 Å². The van der Waals surface area contributed by atoms with Crippen molar-refractivity contribution in [3.8, 4) is 0 Å². The number of aliphatic carboxylic acids is 2. The third-order valence-electron chi connectivity index (χ3n) is 0.781. The van der Waals surface area contributed by atoms with Crippen LogP contribution in [0.25, 0.3) is 0 Å². The quantitative estimate of drug-likeness (QED) is 0.503. The van der Waals surface area contributed by atoms with Crippen LogP contribution in [0, 0.1) is 0 Å². The molecule has 0 saturated heterocycles. The van der Waals surface area contributed by atoms with E-state index in [2.05, 4.69) is 0 Å². The Morgan fingerprint density at radius 3 is 1.36 bits per heavy atom. The van der Waals surface area contributed by atoms with Crippen LogP contribution in [0.4, 0.5) is 0 Å². The Balaban J connectivity index is -0.000000320. The summed E-state index contributed by atoms with van der Waals surface area (Å²) < 4.78 is 0. The summed E-state index contributed by atoms with van der Waals surface area (Å²) in [6, 6.07) is 0. The zero-order chi connectivity index (χ0) is 7.28. The van der Waals surface area contributed by atoms with Gasteiger partial charge >= 0.3 is 49.7 Å². The van der Waals surface area contributed by atoms with Crippen molar-refractivity contribution in [3.63, 3.8) is 0 Å². The molecule has 0 bridgehead atoms. The summed E-state index contributed by atoms with van der Waals surface area (Å²) in [6.07, 6.45) is 0.0866. The molecule has 0 amide bonds. The molecule has 0 aliphatic rings. The molecule has 0 fully saturated rings. The summed E-state index contributed by atoms with van der Waals surface area (Å²) in [7, 11) is 0. The van der Waals surface area contributed by atoms with Gasteiger partial charge in [-0.2, -0.15) is 0 Å². The van der Waals surface area contributed by atoms with E-state index in [-0.39, 0.29) is 57.0 Å². The van der Waals surface area contributed by atoms with E-state index in [0.717, 1.165) is 0 Å². The Hall–Kier alpha value is 0.135. The molecule has 0 heterocycles. The van der Waals surface area contributed by atoms with Gasteiger partial charge in [-0.3, -0.25) is 9.59 Å². The monoisotopic (exact) mass is 148 g/mol. The molecule has 0 radical (unpaired) electrons. The Labute approximate surface area is 88.7 Å². The van der Waals surface area contributed by atoms with Crippen molar-refractivity contribution in [1.82, 2.24) is 0 Å². The van der Waals surface area contributed by atoms with Crippen molar-refractivity contribution < 1.29 is 19.8 Å². The Morgan fingerprint density at radius 2 is 1.18 bits per heavy atom. The average molecular weight is 148 g/mol. The van der Waals surface area contributed by atoms with E-state index < -0.39 is 11.9 Å². The molecule has 4 nitrogen and oxygen atoms in total. The molecule has 0 unspecified atom stereocenters. The van der Waals surface area contributed by atoms with E-state index in [1.54, 1.807) is 0 Å². The summed E-state index contributed by atoms with van der Waals surface area (Å²) in [5.41, 5.74) is 0. The molecule has 0 aliphatic heterocycles. The first-order valence-electron chi connectivity index (χ1n) is 2.56. The maximum atomic E-state index is 9.79. The molecule has 2 N–H and O–H groups in total. The summed E-state index contributed by atoms with van der Waals surface area (Å²) >= 11 is 0. The van der Waals surface area contributed by atoms with E-state index >= 15 is 0 Å². The fourth-order valence-corrected chi connectivity index (χ4v) is 0.391. The minimum atomic E-state index is -0.948. The standard InChI is InChI=1S/C5H8O4.2Li.2H/c6-4(7)2-1-3-5(8)9;;;;/h1-3H2,(H,6,7)(H,8,9);;;;. The molecular weight excluding hydrogens is 138 g/mol. The molecule has 0 aromatic rings. The van der Waals surface area contributed by atoms with E-state index in [9.17, 15) is 9.59 Å². The third-order valence-corrected chi connectivity index (χ3v) is 0.781. The minimum absolute atomic E-state index is 0. The van der Waals surface area contributed by atoms with Gasteiger partial charge in [0, 0.05) is 12.8 Å². The zero-order valence-electron chi connectivity index (χ0n) is 4.83. The van der Waals surface area contributed by atoms with Gasteiger partial charge in [-0.15, -0.1) is 0 Å². The Morgan fingerprint density at radius 1 is 0.909 bits per heavy atom. The number of carbonyl (C=O) groups is 2. The summed E-state index contributed by atoms with van der Waals surface area (Å²) in [5, 5.41) is 16.1. The van der Waals surface area contributed by atoms with E-state index in [1.807, 2.05) is 0 Å². The van der Waals surface area contributed by atoms with Crippen LogP contribution in [-0.2, 0) is 9.59 Å². The van der Waals surface area contributed by atoms with Gasteiger partial charge in [0.25, 0.3) is 0 Å². The third kappa shape index (κ3) is 17.8. The van der Waals surface area contributed by atoms with Gasteiger partial charge in [-0.1, -0.05) is 0 Å². The molecule has 0 saturated carbocycles. The van der Waals surface area contributed by atoms with E-state index in [1.165, 1.54) is 0 Å². The van der Waals surface area contributed by atoms with Crippen LogP contribution in [0.3, 0.4) is 0 Å². The molecule has 6 heteroatoms. The van der Waals surface area contributed by atoms with Gasteiger partial charge in [0.1, 0.15) is 0 Å². The van der Waals surface area contributed by atoms with Crippen molar-refractivity contribution in [2.24, 2.45) is 0 Å². The Bertz CT molecular complexity index is 112. The molecule has 56 valence electrons. The number of hydrogen-bond acceptors (Lipinski definition) is 2. The van der Waals surface area contributed by atoms with E-state index in [4.69, 9.17) is 10.2 Å². The number of rotatable bonds is 4. The van der Waals surface area contributed by atoms with Crippen LogP contribution in [0.2, 0.25) is 0 Å². The predicted molar refractivity (Wildman–Crippen MR) is 43.4 cm³/mol. The first-order valence-corrected chi connectivity index (χ1v) is 2.56. The van der Waals surface area contributed by atoms with Crippen LogP contribution >= 0.6 is 0 Å². The fourth-order valence-electron chi connectivity index (χ4n) is 0.391. The number of carboxylic acids is 2. The zero-order valence-corrected chi connectivity index (χ0v) is 4.83. The fraction of sp³-hybridized carbons (Fsp3) is 0.600. The second kappa shape index (κ2) is 10.1. The van der Waals surface area contributed by atoms with Gasteiger partial charge in [-0.05, 0) is 6.42 Å². The summed E-state index contributed by atoms with van der Waals surface area (Å²) in [6.45, 7) is 0. The molecule has 0 atom stereocenters. The van der Waals surface area contributed by atoms with E-state index in [0.29, 0.717) is 0 Å². The molecule has 11 heavy (non-hydrogen) atoms. The maximum absolute atomic E-state index is 9.79. The first-order chi connectivity index (χ1) is 4.13. The van der Waals surface area contributed by atoms with Crippen LogP contribution < -0.4 is 0 Å². The average Bonchev–Trinajstić information content (AvgIpc) is 1.63.